The minimum absolute atomic E-state index is 0.0193. The lowest BCUT2D eigenvalue weighted by Gasteiger charge is -2.09. The van der Waals surface area contributed by atoms with Gasteiger partial charge in [-0.15, -0.1) is 10.2 Å². The molecule has 2 rings (SSSR count). The van der Waals surface area contributed by atoms with Crippen molar-refractivity contribution in [3.05, 3.63) is 47.2 Å². The summed E-state index contributed by atoms with van der Waals surface area (Å²) in [7, 11) is 0. The van der Waals surface area contributed by atoms with E-state index in [-0.39, 0.29) is 30.4 Å². The zero-order chi connectivity index (χ0) is 18.4. The third-order valence-electron chi connectivity index (χ3n) is 3.26. The maximum absolute atomic E-state index is 13.7. The van der Waals surface area contributed by atoms with Gasteiger partial charge in [-0.1, -0.05) is 0 Å². The molecule has 0 saturated carbocycles. The van der Waals surface area contributed by atoms with Gasteiger partial charge in [-0.05, 0) is 38.0 Å². The molecule has 0 radical (unpaired) electrons. The van der Waals surface area contributed by atoms with Crippen LogP contribution in [0.1, 0.15) is 24.1 Å². The normalized spacial score (nSPS) is 11.4. The summed E-state index contributed by atoms with van der Waals surface area (Å²) in [6, 6.07) is 4.21. The summed E-state index contributed by atoms with van der Waals surface area (Å²) in [5, 5.41) is 6.36. The lowest BCUT2D eigenvalue weighted by atomic mass is 10.2. The second kappa shape index (κ2) is 8.09. The molecule has 0 aliphatic carbocycles. The monoisotopic (exact) mass is 362 g/mol. The van der Waals surface area contributed by atoms with Crippen LogP contribution in [0.5, 0.6) is 11.6 Å². The Bertz CT molecular complexity index is 705. The number of aromatic nitrogens is 2. The first kappa shape index (κ1) is 18.9. The predicted octanol–water partition coefficient (Wildman–Crippen LogP) is 4.32. The van der Waals surface area contributed by atoms with E-state index in [0.717, 1.165) is 18.2 Å². The molecule has 0 saturated heterocycles. The van der Waals surface area contributed by atoms with Crippen LogP contribution in [0.3, 0.4) is 0 Å². The van der Waals surface area contributed by atoms with Gasteiger partial charge in [-0.3, -0.25) is 0 Å². The number of alkyl halides is 3. The summed E-state index contributed by atoms with van der Waals surface area (Å²) in [6.45, 7) is 1.69. The van der Waals surface area contributed by atoms with Gasteiger partial charge in [0.25, 0.3) is 0 Å². The van der Waals surface area contributed by atoms with E-state index in [1.165, 1.54) is 13.0 Å². The van der Waals surface area contributed by atoms with Gasteiger partial charge in [0.2, 0.25) is 5.88 Å². The number of benzene rings is 1. The molecular weight excluding hydrogens is 347 g/mol. The van der Waals surface area contributed by atoms with Crippen molar-refractivity contribution in [2.45, 2.75) is 25.9 Å². The zero-order valence-electron chi connectivity index (χ0n) is 13.2. The fourth-order valence-corrected chi connectivity index (χ4v) is 1.86. The molecule has 9 heteroatoms. The summed E-state index contributed by atoms with van der Waals surface area (Å²) >= 11 is 0. The van der Waals surface area contributed by atoms with Crippen LogP contribution in [-0.2, 0) is 6.18 Å². The Balaban J connectivity index is 1.69. The van der Waals surface area contributed by atoms with Crippen LogP contribution in [0, 0.1) is 18.6 Å². The van der Waals surface area contributed by atoms with Gasteiger partial charge in [0.15, 0.2) is 17.3 Å². The first-order valence-corrected chi connectivity index (χ1v) is 7.40. The van der Waals surface area contributed by atoms with Gasteiger partial charge in [-0.2, -0.15) is 13.2 Å². The van der Waals surface area contributed by atoms with E-state index in [1.54, 1.807) is 0 Å². The molecule has 0 aliphatic heterocycles. The Hall–Kier alpha value is -2.45. The van der Waals surface area contributed by atoms with Crippen molar-refractivity contribution >= 4 is 0 Å². The van der Waals surface area contributed by atoms with Gasteiger partial charge in [0, 0.05) is 11.6 Å². The first-order valence-electron chi connectivity index (χ1n) is 7.40. The Morgan fingerprint density at radius 3 is 2.20 bits per heavy atom. The molecule has 1 aromatic carbocycles. The summed E-state index contributed by atoms with van der Waals surface area (Å²) < 4.78 is 74.2. The molecule has 0 amide bonds. The average molecular weight is 362 g/mol. The maximum atomic E-state index is 13.7. The summed E-state index contributed by atoms with van der Waals surface area (Å²) in [6.07, 6.45) is -3.54. The largest absolute Gasteiger partial charge is 0.491 e. The van der Waals surface area contributed by atoms with Crippen molar-refractivity contribution in [2.75, 3.05) is 13.2 Å². The van der Waals surface area contributed by atoms with E-state index in [4.69, 9.17) is 9.47 Å². The standard InChI is InChI=1S/C16H15F5N2O2/c1-10-11(17)4-5-12(15(10)18)24-8-2-3-9-25-14-7-6-13(22-23-14)16(19,20)21/h4-7H,2-3,8-9H2,1H3. The van der Waals surface area contributed by atoms with Crippen LogP contribution in [0.25, 0.3) is 0 Å². The van der Waals surface area contributed by atoms with Crippen LogP contribution < -0.4 is 9.47 Å². The molecule has 0 bridgehead atoms. The first-order chi connectivity index (χ1) is 11.8. The third kappa shape index (κ3) is 5.27. The molecule has 25 heavy (non-hydrogen) atoms. The highest BCUT2D eigenvalue weighted by atomic mass is 19.4. The topological polar surface area (TPSA) is 44.2 Å². The number of unbranched alkanes of at least 4 members (excludes halogenated alkanes) is 1. The van der Waals surface area contributed by atoms with Crippen molar-refractivity contribution in [3.8, 4) is 11.6 Å². The Kier molecular flexibility index (Phi) is 6.11. The number of rotatable bonds is 7. The lowest BCUT2D eigenvalue weighted by Crippen LogP contribution is -2.10. The van der Waals surface area contributed by atoms with Crippen molar-refractivity contribution in [3.63, 3.8) is 0 Å². The van der Waals surface area contributed by atoms with E-state index in [2.05, 4.69) is 10.2 Å². The van der Waals surface area contributed by atoms with Crippen LogP contribution >= 0.6 is 0 Å². The second-order valence-corrected chi connectivity index (χ2v) is 5.14. The molecule has 0 fully saturated rings. The number of hydrogen-bond acceptors (Lipinski definition) is 4. The van der Waals surface area contributed by atoms with Crippen molar-refractivity contribution in [1.82, 2.24) is 10.2 Å². The van der Waals surface area contributed by atoms with Gasteiger partial charge in [0.1, 0.15) is 5.82 Å². The number of hydrogen-bond donors (Lipinski definition) is 0. The zero-order valence-corrected chi connectivity index (χ0v) is 13.2. The summed E-state index contributed by atoms with van der Waals surface area (Å²) in [4.78, 5) is 0. The second-order valence-electron chi connectivity index (χ2n) is 5.14. The Morgan fingerprint density at radius 2 is 1.60 bits per heavy atom. The van der Waals surface area contributed by atoms with Gasteiger partial charge in [-0.25, -0.2) is 8.78 Å². The van der Waals surface area contributed by atoms with E-state index in [0.29, 0.717) is 12.8 Å². The molecule has 136 valence electrons. The fourth-order valence-electron chi connectivity index (χ4n) is 1.86. The predicted molar refractivity (Wildman–Crippen MR) is 78.4 cm³/mol. The highest BCUT2D eigenvalue weighted by Gasteiger charge is 2.32. The van der Waals surface area contributed by atoms with Crippen LogP contribution in [0.4, 0.5) is 22.0 Å². The Morgan fingerprint density at radius 1 is 0.920 bits per heavy atom. The highest BCUT2D eigenvalue weighted by Crippen LogP contribution is 2.27. The fraction of sp³-hybridized carbons (Fsp3) is 0.375. The molecule has 1 heterocycles. The molecule has 0 unspecified atom stereocenters. The molecule has 0 aliphatic rings. The van der Waals surface area contributed by atoms with E-state index >= 15 is 0 Å². The third-order valence-corrected chi connectivity index (χ3v) is 3.26. The van der Waals surface area contributed by atoms with Gasteiger partial charge < -0.3 is 9.47 Å². The SMILES string of the molecule is Cc1c(F)ccc(OCCCCOc2ccc(C(F)(F)F)nn2)c1F. The quantitative estimate of drug-likeness (QED) is 0.544. The molecule has 0 spiro atoms. The van der Waals surface area contributed by atoms with Crippen molar-refractivity contribution < 1.29 is 31.4 Å². The van der Waals surface area contributed by atoms with Crippen molar-refractivity contribution in [2.24, 2.45) is 0 Å². The average Bonchev–Trinajstić information content (AvgIpc) is 2.57. The molecule has 4 nitrogen and oxygen atoms in total. The molecule has 0 atom stereocenters. The highest BCUT2D eigenvalue weighted by molar-refractivity contribution is 5.31. The van der Waals surface area contributed by atoms with Crippen LogP contribution in [-0.4, -0.2) is 23.4 Å². The van der Waals surface area contributed by atoms with Gasteiger partial charge >= 0.3 is 6.18 Å². The molecular formula is C16H15F5N2O2. The van der Waals surface area contributed by atoms with Crippen LogP contribution in [0.15, 0.2) is 24.3 Å². The number of halogens is 5. The molecule has 2 aromatic rings. The smallest absolute Gasteiger partial charge is 0.435 e. The Labute approximate surface area is 140 Å². The van der Waals surface area contributed by atoms with Gasteiger partial charge in [0.05, 0.1) is 13.2 Å². The lowest BCUT2D eigenvalue weighted by molar-refractivity contribution is -0.141. The van der Waals surface area contributed by atoms with E-state index < -0.39 is 23.5 Å². The summed E-state index contributed by atoms with van der Waals surface area (Å²) in [5.74, 6) is -1.44. The van der Waals surface area contributed by atoms with Crippen molar-refractivity contribution in [1.29, 1.82) is 0 Å². The molecule has 1 aromatic heterocycles. The van der Waals surface area contributed by atoms with E-state index in [9.17, 15) is 22.0 Å². The molecule has 0 N–H and O–H groups in total. The number of nitrogens with zero attached hydrogens (tertiary/aromatic N) is 2. The van der Waals surface area contributed by atoms with E-state index in [1.807, 2.05) is 0 Å². The number of ether oxygens (including phenoxy) is 2. The summed E-state index contributed by atoms with van der Waals surface area (Å²) in [5.41, 5.74) is -1.20. The van der Waals surface area contributed by atoms with Crippen LogP contribution in [0.2, 0.25) is 0 Å². The maximum Gasteiger partial charge on any atom is 0.435 e. The minimum Gasteiger partial charge on any atom is -0.491 e. The minimum atomic E-state index is -4.54.